The minimum absolute atomic E-state index is 0. The van der Waals surface area contributed by atoms with Crippen LogP contribution in [-0.4, -0.2) is 103 Å². The topological polar surface area (TPSA) is 738 Å². The Morgan fingerprint density at radius 2 is 0.160 bits per heavy atom. The van der Waals surface area contributed by atoms with Crippen LogP contribution in [0.25, 0.3) is 111 Å². The average molecular weight is 2400 g/mol. The van der Waals surface area contributed by atoms with Gasteiger partial charge in [-0.25, -0.2) is 0 Å². The van der Waals surface area contributed by atoms with Crippen LogP contribution in [0, 0.1) is 0 Å². The van der Waals surface area contributed by atoms with E-state index in [0.717, 1.165) is 156 Å². The Morgan fingerprint density at radius 3 is 0.208 bits per heavy atom. The van der Waals surface area contributed by atoms with Gasteiger partial charge in [-0.15, -0.1) is 0 Å². The summed E-state index contributed by atoms with van der Waals surface area (Å²) in [6.45, 7) is 0. The third-order valence-electron chi connectivity index (χ3n) is 21.5. The SMILES string of the molecule is O.O.O=C([O-])c1ccc(-c2ccc(C(=C(c3ccc(-c4ccc(C(=O)[O-])cc4)cc3)c3ccc(-c4ccc(C(=O)[O-])cc4)cc3)c3ccc(-c4ccc(C(=O)[O-])cc4)cc3)cc2)cc1.O=C([O-])c1ccc(-c2ccc(C(=C(c3ccc(-c4ccc(C(=O)[O-])cc4)cc3)c3ccc(-c4ccc(C(=O)[O-])cc4)cc3)c3ccc(-c4ccc(C(=O)[O-])cc4)cc3)cc2)cc1.[O-2].[O-2].[O-2].[O-2].[OH-].[OH-].[OH-].[OH-].[OH-].[OH-].[OH-].[OH-].[Zr].[Zr].[Zr].[Zr].[Zr].[Zr]. The summed E-state index contributed by atoms with van der Waals surface area (Å²) < 4.78 is 0. The zero-order valence-corrected chi connectivity index (χ0v) is 89.4. The Morgan fingerprint density at radius 1 is 0.111 bits per heavy atom. The summed E-state index contributed by atoms with van der Waals surface area (Å²) in [4.78, 5) is 91.3. The summed E-state index contributed by atoms with van der Waals surface area (Å²) in [5, 5.41) is 91.3. The summed E-state index contributed by atoms with van der Waals surface area (Å²) in [5.74, 6) is -10.0. The van der Waals surface area contributed by atoms with Crippen molar-refractivity contribution in [3.05, 3.63) is 477 Å². The number of hydrogen-bond donors (Lipinski definition) is 0. The van der Waals surface area contributed by atoms with E-state index in [1.54, 1.807) is 97.1 Å². The molecule has 0 fully saturated rings. The van der Waals surface area contributed by atoms with Gasteiger partial charge in [-0.1, -0.05) is 388 Å². The van der Waals surface area contributed by atoms with Gasteiger partial charge in [0.15, 0.2) is 0 Å². The molecule has 0 atom stereocenters. The van der Waals surface area contributed by atoms with Gasteiger partial charge >= 0.3 is 0 Å². The summed E-state index contributed by atoms with van der Waals surface area (Å²) in [6, 6.07) is 116. The van der Waals surface area contributed by atoms with Crippen LogP contribution in [0.5, 0.6) is 0 Å². The summed E-state index contributed by atoms with van der Waals surface area (Å²) in [7, 11) is 0. The van der Waals surface area contributed by atoms with E-state index in [1.165, 1.54) is 97.1 Å². The van der Waals surface area contributed by atoms with E-state index in [4.69, 9.17) is 0 Å². The molecule has 0 aliphatic carbocycles. The van der Waals surface area contributed by atoms with E-state index >= 15 is 0 Å². The van der Waals surface area contributed by atoms with Crippen LogP contribution in [0.15, 0.2) is 388 Å². The Kier molecular flexibility index (Phi) is 64.2. The average Bonchev–Trinajstić information content (AvgIpc) is 0.772. The first-order chi connectivity index (χ1) is 60.0. The molecule has 16 aromatic rings. The molecule has 0 aliphatic heterocycles. The molecule has 0 unspecified atom stereocenters. The number of carbonyl (C=O) groups is 8. The Balaban J connectivity index is -0.000000581. The van der Waals surface area contributed by atoms with E-state index in [-0.39, 0.29) is 278 Å². The minimum Gasteiger partial charge on any atom is -2.00 e. The van der Waals surface area contributed by atoms with Crippen LogP contribution in [0.2, 0.25) is 0 Å². The number of aromatic carboxylic acids is 8. The molecule has 144 heavy (non-hydrogen) atoms. The van der Waals surface area contributed by atoms with Gasteiger partial charge in [-0.2, -0.15) is 0 Å². The fourth-order valence-corrected chi connectivity index (χ4v) is 14.8. The molecule has 0 heterocycles. The Labute approximate surface area is 939 Å². The van der Waals surface area contributed by atoms with Crippen molar-refractivity contribution < 1.29 is 313 Å². The maximum Gasteiger partial charge on any atom is 0.0715 e. The molecule has 0 spiro atoms. The van der Waals surface area contributed by atoms with Gasteiger partial charge in [-0.3, -0.25) is 0 Å². The van der Waals surface area contributed by atoms with Crippen molar-refractivity contribution in [2.75, 3.05) is 0 Å². The van der Waals surface area contributed by atoms with Crippen molar-refractivity contribution in [1.82, 2.24) is 0 Å². The molecule has 736 valence electrons. The smallest absolute Gasteiger partial charge is 0.0715 e. The number of hydrogen-bond acceptors (Lipinski definition) is 24. The first kappa shape index (κ1) is 142. The number of benzene rings is 16. The maximum atomic E-state index is 11.4. The van der Waals surface area contributed by atoms with Crippen LogP contribution in [0.3, 0.4) is 0 Å². The predicted octanol–water partition coefficient (Wildman–Crippen LogP) is 10.1. The van der Waals surface area contributed by atoms with Gasteiger partial charge in [0.25, 0.3) is 0 Å². The molecule has 16 aromatic carbocycles. The molecule has 12 N–H and O–H groups in total. The zero-order valence-electron chi connectivity index (χ0n) is 74.7. The van der Waals surface area contributed by atoms with E-state index in [1.807, 2.05) is 194 Å². The van der Waals surface area contributed by atoms with Crippen LogP contribution < -0.4 is 40.9 Å². The summed E-state index contributed by atoms with van der Waals surface area (Å²) >= 11 is 0. The fourth-order valence-electron chi connectivity index (χ4n) is 14.8. The maximum absolute atomic E-state index is 11.4. The Hall–Kier alpha value is -12.5. The summed E-state index contributed by atoms with van der Waals surface area (Å²) in [5.41, 5.74) is 24.9. The molecule has 30 nitrogen and oxygen atoms in total. The molecule has 0 radical (unpaired) electrons. The number of carbonyl (C=O) groups excluding carboxylic acids is 8. The summed E-state index contributed by atoms with van der Waals surface area (Å²) in [6.07, 6.45) is 0. The van der Waals surface area contributed by atoms with Crippen molar-refractivity contribution in [2.45, 2.75) is 0 Å². The molecule has 0 aromatic heterocycles. The Bertz CT molecular complexity index is 5590. The second-order valence-electron chi connectivity index (χ2n) is 29.0. The van der Waals surface area contributed by atoms with Crippen molar-refractivity contribution in [3.8, 4) is 89.0 Å². The predicted molar refractivity (Wildman–Crippen MR) is 485 cm³/mol. The van der Waals surface area contributed by atoms with Crippen molar-refractivity contribution in [2.24, 2.45) is 0 Å². The third-order valence-corrected chi connectivity index (χ3v) is 21.5. The first-order valence-corrected chi connectivity index (χ1v) is 38.9. The molecule has 0 bridgehead atoms. The molecular formula is C108H76O30Zr6-24. The molecule has 0 aliphatic rings. The van der Waals surface area contributed by atoms with Crippen molar-refractivity contribution in [1.29, 1.82) is 0 Å². The molecule has 16 rings (SSSR count). The molecule has 0 saturated heterocycles. The van der Waals surface area contributed by atoms with Crippen LogP contribution in [0.4, 0.5) is 0 Å². The largest absolute Gasteiger partial charge is 2.00 e. The number of carboxylic acid groups (broad SMARTS) is 8. The van der Waals surface area contributed by atoms with Crippen molar-refractivity contribution in [3.63, 3.8) is 0 Å². The van der Waals surface area contributed by atoms with Gasteiger partial charge in [0.2, 0.25) is 0 Å². The molecular weight excluding hydrogens is 2320 g/mol. The molecule has 0 amide bonds. The zero-order chi connectivity index (χ0) is 86.7. The second kappa shape index (κ2) is 65.0. The normalized spacial score (nSPS) is 9.28. The number of carboxylic acids is 8. The van der Waals surface area contributed by atoms with Gasteiger partial charge in [0.1, 0.15) is 0 Å². The van der Waals surface area contributed by atoms with Gasteiger partial charge in [-0.05, 0) is 200 Å². The molecule has 0 saturated carbocycles. The van der Waals surface area contributed by atoms with Crippen molar-refractivity contribution >= 4 is 70.0 Å². The van der Waals surface area contributed by atoms with E-state index in [0.29, 0.717) is 0 Å². The van der Waals surface area contributed by atoms with Gasteiger partial charge in [0, 0.05) is 157 Å². The van der Waals surface area contributed by atoms with Crippen LogP contribution >= 0.6 is 0 Å². The molecule has 36 heteroatoms. The minimum atomic E-state index is -1.25. The standard InChI is InChI=1S/2C54H36O8.10H2O.4O.6Zr/c2*55-51(56)45-25-9-37(10-26-45)33-1-17-41(18-2-33)49(42-19-3-34(4-20-42)38-11-27-46(28-12-38)52(57)58)50(43-21-5-35(6-22-43)39-13-29-47(30-14-39)53(59)60)44-23-7-36(8-24-44)40-15-31-48(32-16-40)54(61)62;;;;;;;;;;;;;;;;;;;;/h2*1-32H,(H,55,56)(H,57,58)(H,59,60)(H,61,62);10*1H2;;;;;;;;;;/q;;;;;;;;;;;;4*-2;;;;;;/p-16. The first-order valence-electron chi connectivity index (χ1n) is 38.9. The van der Waals surface area contributed by atoms with E-state index < -0.39 is 47.8 Å². The van der Waals surface area contributed by atoms with Gasteiger partial charge in [0.05, 0.1) is 47.8 Å². The van der Waals surface area contributed by atoms with E-state index in [9.17, 15) is 79.2 Å². The van der Waals surface area contributed by atoms with E-state index in [2.05, 4.69) is 0 Å². The fraction of sp³-hybridized carbons (Fsp3) is 0. The quantitative estimate of drug-likeness (QED) is 0.0507. The van der Waals surface area contributed by atoms with Gasteiger partial charge < -0.3 is 156 Å². The van der Waals surface area contributed by atoms with Crippen LogP contribution in [0.1, 0.15) is 127 Å². The monoisotopic (exact) mass is 2390 g/mol. The van der Waals surface area contributed by atoms with Crippen LogP contribution in [-0.2, 0) is 179 Å². The second-order valence-corrected chi connectivity index (χ2v) is 29.0. The number of rotatable bonds is 24. The third kappa shape index (κ3) is 33.8.